The second-order valence-electron chi connectivity index (χ2n) is 4.10. The standard InChI is InChI=1S/C14H11F3N2O/c15-9-2-3-10(11(16)6-9)14(20)19-13-4-1-8(7-18)5-12(13)17/h1-6H,7,18H2,(H,19,20). The van der Waals surface area contributed by atoms with Gasteiger partial charge in [0.15, 0.2) is 0 Å². The van der Waals surface area contributed by atoms with Crippen LogP contribution in [0, 0.1) is 17.5 Å². The molecule has 0 aliphatic carbocycles. The van der Waals surface area contributed by atoms with Gasteiger partial charge in [0, 0.05) is 12.6 Å². The lowest BCUT2D eigenvalue weighted by atomic mass is 10.1. The minimum Gasteiger partial charge on any atom is -0.326 e. The summed E-state index contributed by atoms with van der Waals surface area (Å²) in [5.41, 5.74) is 5.45. The van der Waals surface area contributed by atoms with Crippen LogP contribution in [-0.2, 0) is 6.54 Å². The summed E-state index contributed by atoms with van der Waals surface area (Å²) in [5.74, 6) is -3.34. The predicted molar refractivity (Wildman–Crippen MR) is 68.6 cm³/mol. The number of hydrogen-bond acceptors (Lipinski definition) is 2. The van der Waals surface area contributed by atoms with E-state index in [2.05, 4.69) is 5.32 Å². The van der Waals surface area contributed by atoms with Crippen LogP contribution < -0.4 is 11.1 Å². The lowest BCUT2D eigenvalue weighted by molar-refractivity contribution is 0.102. The number of nitrogens with two attached hydrogens (primary N) is 1. The van der Waals surface area contributed by atoms with Crippen molar-refractivity contribution in [2.24, 2.45) is 5.73 Å². The van der Waals surface area contributed by atoms with Gasteiger partial charge in [-0.25, -0.2) is 13.2 Å². The summed E-state index contributed by atoms with van der Waals surface area (Å²) in [7, 11) is 0. The number of anilines is 1. The average Bonchev–Trinajstić information content (AvgIpc) is 2.40. The SMILES string of the molecule is NCc1ccc(NC(=O)c2ccc(F)cc2F)c(F)c1. The lowest BCUT2D eigenvalue weighted by Gasteiger charge is -2.08. The van der Waals surface area contributed by atoms with Crippen molar-refractivity contribution >= 4 is 11.6 Å². The first-order valence-corrected chi connectivity index (χ1v) is 5.76. The molecular formula is C14H11F3N2O. The molecule has 0 spiro atoms. The number of rotatable bonds is 3. The van der Waals surface area contributed by atoms with E-state index >= 15 is 0 Å². The molecular weight excluding hydrogens is 269 g/mol. The maximum Gasteiger partial charge on any atom is 0.258 e. The molecule has 3 nitrogen and oxygen atoms in total. The molecule has 0 heterocycles. The van der Waals surface area contributed by atoms with E-state index < -0.39 is 23.4 Å². The van der Waals surface area contributed by atoms with Gasteiger partial charge in [-0.3, -0.25) is 4.79 Å². The van der Waals surface area contributed by atoms with Crippen LogP contribution in [0.4, 0.5) is 18.9 Å². The first-order chi connectivity index (χ1) is 9.51. The van der Waals surface area contributed by atoms with Gasteiger partial charge in [-0.1, -0.05) is 6.07 Å². The largest absolute Gasteiger partial charge is 0.326 e. The topological polar surface area (TPSA) is 55.1 Å². The quantitative estimate of drug-likeness (QED) is 0.908. The highest BCUT2D eigenvalue weighted by Gasteiger charge is 2.14. The van der Waals surface area contributed by atoms with Crippen molar-refractivity contribution in [1.29, 1.82) is 0 Å². The van der Waals surface area contributed by atoms with Crippen molar-refractivity contribution in [2.45, 2.75) is 6.54 Å². The maximum absolute atomic E-state index is 13.7. The third kappa shape index (κ3) is 2.97. The summed E-state index contributed by atoms with van der Waals surface area (Å²) < 4.78 is 39.8. The molecule has 3 N–H and O–H groups in total. The number of benzene rings is 2. The van der Waals surface area contributed by atoms with Crippen LogP contribution in [0.1, 0.15) is 15.9 Å². The van der Waals surface area contributed by atoms with Crippen LogP contribution in [0.3, 0.4) is 0 Å². The van der Waals surface area contributed by atoms with Crippen molar-refractivity contribution in [3.05, 3.63) is 65.0 Å². The molecule has 0 aliphatic heterocycles. The molecule has 0 saturated carbocycles. The van der Waals surface area contributed by atoms with Crippen LogP contribution in [-0.4, -0.2) is 5.91 Å². The summed E-state index contributed by atoms with van der Waals surface area (Å²) in [5, 5.41) is 2.22. The number of carbonyl (C=O) groups excluding carboxylic acids is 1. The lowest BCUT2D eigenvalue weighted by Crippen LogP contribution is -2.15. The fourth-order valence-corrected chi connectivity index (χ4v) is 1.65. The summed E-state index contributed by atoms with van der Waals surface area (Å²) in [4.78, 5) is 11.8. The highest BCUT2D eigenvalue weighted by Crippen LogP contribution is 2.18. The molecule has 6 heteroatoms. The van der Waals surface area contributed by atoms with Gasteiger partial charge in [0.2, 0.25) is 0 Å². The fraction of sp³-hybridized carbons (Fsp3) is 0.0714. The number of hydrogen-bond donors (Lipinski definition) is 2. The van der Waals surface area contributed by atoms with E-state index in [4.69, 9.17) is 5.73 Å². The smallest absolute Gasteiger partial charge is 0.258 e. The van der Waals surface area contributed by atoms with Crippen LogP contribution >= 0.6 is 0 Å². The van der Waals surface area contributed by atoms with E-state index in [0.29, 0.717) is 11.6 Å². The van der Waals surface area contributed by atoms with Gasteiger partial charge in [-0.05, 0) is 29.8 Å². The number of carbonyl (C=O) groups is 1. The molecule has 2 aromatic rings. The van der Waals surface area contributed by atoms with Crippen molar-refractivity contribution in [1.82, 2.24) is 0 Å². The van der Waals surface area contributed by atoms with Gasteiger partial charge in [0.25, 0.3) is 5.91 Å². The molecule has 104 valence electrons. The van der Waals surface area contributed by atoms with Crippen LogP contribution in [0.25, 0.3) is 0 Å². The Labute approximate surface area is 113 Å². The Hall–Kier alpha value is -2.34. The molecule has 0 saturated heterocycles. The normalized spacial score (nSPS) is 10.4. The van der Waals surface area contributed by atoms with Crippen LogP contribution in [0.2, 0.25) is 0 Å². The first kappa shape index (κ1) is 14.1. The van der Waals surface area contributed by atoms with Gasteiger partial charge < -0.3 is 11.1 Å². The minimum absolute atomic E-state index is 0.101. The first-order valence-electron chi connectivity index (χ1n) is 5.76. The third-order valence-corrected chi connectivity index (χ3v) is 2.69. The molecule has 2 rings (SSSR count). The van der Waals surface area contributed by atoms with E-state index in [9.17, 15) is 18.0 Å². The zero-order valence-electron chi connectivity index (χ0n) is 10.3. The second kappa shape index (κ2) is 5.75. The van der Waals surface area contributed by atoms with Crippen LogP contribution in [0.15, 0.2) is 36.4 Å². The Morgan fingerprint density at radius 3 is 2.40 bits per heavy atom. The summed E-state index contributed by atoms with van der Waals surface area (Å²) >= 11 is 0. The van der Waals surface area contributed by atoms with Gasteiger partial charge in [-0.2, -0.15) is 0 Å². The summed E-state index contributed by atoms with van der Waals surface area (Å²) in [6.07, 6.45) is 0. The van der Waals surface area contributed by atoms with Gasteiger partial charge >= 0.3 is 0 Å². The highest BCUT2D eigenvalue weighted by molar-refractivity contribution is 6.04. The van der Waals surface area contributed by atoms with E-state index in [-0.39, 0.29) is 17.8 Å². The van der Waals surface area contributed by atoms with Gasteiger partial charge in [0.1, 0.15) is 17.5 Å². The van der Waals surface area contributed by atoms with Crippen molar-refractivity contribution in [3.8, 4) is 0 Å². The van der Waals surface area contributed by atoms with Crippen molar-refractivity contribution in [3.63, 3.8) is 0 Å². The Bertz CT molecular complexity index is 659. The maximum atomic E-state index is 13.7. The molecule has 0 radical (unpaired) electrons. The van der Waals surface area contributed by atoms with E-state index in [1.165, 1.54) is 12.1 Å². The number of nitrogens with one attached hydrogen (secondary N) is 1. The average molecular weight is 280 g/mol. The molecule has 20 heavy (non-hydrogen) atoms. The zero-order chi connectivity index (χ0) is 14.7. The molecule has 2 aromatic carbocycles. The molecule has 0 bridgehead atoms. The number of amides is 1. The minimum atomic E-state index is -1.01. The van der Waals surface area contributed by atoms with Gasteiger partial charge in [0.05, 0.1) is 11.3 Å². The molecule has 0 unspecified atom stereocenters. The Kier molecular flexibility index (Phi) is 4.05. The molecule has 0 fully saturated rings. The molecule has 0 aromatic heterocycles. The number of halogens is 3. The molecule has 0 aliphatic rings. The third-order valence-electron chi connectivity index (χ3n) is 2.69. The molecule has 0 atom stereocenters. The van der Waals surface area contributed by atoms with E-state index in [0.717, 1.165) is 12.1 Å². The van der Waals surface area contributed by atoms with E-state index in [1.807, 2.05) is 0 Å². The predicted octanol–water partition coefficient (Wildman–Crippen LogP) is 2.81. The van der Waals surface area contributed by atoms with E-state index in [1.54, 1.807) is 6.07 Å². The zero-order valence-corrected chi connectivity index (χ0v) is 10.3. The summed E-state index contributed by atoms with van der Waals surface area (Å²) in [6, 6.07) is 6.58. The van der Waals surface area contributed by atoms with Crippen molar-refractivity contribution in [2.75, 3.05) is 5.32 Å². The Morgan fingerprint density at radius 1 is 1.05 bits per heavy atom. The molecule has 1 amide bonds. The fourth-order valence-electron chi connectivity index (χ4n) is 1.65. The summed E-state index contributed by atoms with van der Waals surface area (Å²) in [6.45, 7) is 0.164. The Balaban J connectivity index is 2.23. The Morgan fingerprint density at radius 2 is 1.80 bits per heavy atom. The van der Waals surface area contributed by atoms with Crippen molar-refractivity contribution < 1.29 is 18.0 Å². The van der Waals surface area contributed by atoms with Crippen LogP contribution in [0.5, 0.6) is 0 Å². The monoisotopic (exact) mass is 280 g/mol. The second-order valence-corrected chi connectivity index (χ2v) is 4.10. The highest BCUT2D eigenvalue weighted by atomic mass is 19.1. The van der Waals surface area contributed by atoms with Gasteiger partial charge in [-0.15, -0.1) is 0 Å².